The van der Waals surface area contributed by atoms with Gasteiger partial charge in [-0.15, -0.1) is 0 Å². The minimum atomic E-state index is -4.35. The van der Waals surface area contributed by atoms with Crippen LogP contribution in [-0.4, -0.2) is 25.5 Å². The highest BCUT2D eigenvalue weighted by Crippen LogP contribution is 2.08. The van der Waals surface area contributed by atoms with Gasteiger partial charge in [-0.05, 0) is 0 Å². The van der Waals surface area contributed by atoms with Crippen molar-refractivity contribution >= 4 is 25.5 Å². The SMILES string of the molecule is C[Si](C)(C)N[Si](F)(F)N[Si](C)(C)C. The van der Waals surface area contributed by atoms with Gasteiger partial charge in [0.2, 0.25) is 0 Å². The minimum Gasteiger partial charge on any atom is -0.296 e. The molecule has 0 heterocycles. The van der Waals surface area contributed by atoms with E-state index < -0.39 is 25.5 Å². The molecule has 0 aromatic heterocycles. The smallest absolute Gasteiger partial charge is 0.296 e. The lowest BCUT2D eigenvalue weighted by Crippen LogP contribution is -2.69. The van der Waals surface area contributed by atoms with Crippen LogP contribution in [0, 0.1) is 0 Å². The highest BCUT2D eigenvalue weighted by Gasteiger charge is 2.43. The van der Waals surface area contributed by atoms with Crippen molar-refractivity contribution in [3.8, 4) is 0 Å². The maximum atomic E-state index is 13.4. The largest absolute Gasteiger partial charge is 0.580 e. The first-order chi connectivity index (χ1) is 5.41. The van der Waals surface area contributed by atoms with E-state index in [9.17, 15) is 8.22 Å². The van der Waals surface area contributed by atoms with Crippen molar-refractivity contribution in [3.05, 3.63) is 0 Å². The van der Waals surface area contributed by atoms with Crippen LogP contribution >= 0.6 is 0 Å². The Balaban J connectivity index is 4.25. The molecule has 0 radical (unpaired) electrons. The van der Waals surface area contributed by atoms with Gasteiger partial charge in [0.1, 0.15) is 16.5 Å². The Morgan fingerprint density at radius 2 is 0.923 bits per heavy atom. The van der Waals surface area contributed by atoms with Crippen molar-refractivity contribution in [1.82, 2.24) is 9.30 Å². The molecule has 0 aliphatic rings. The summed E-state index contributed by atoms with van der Waals surface area (Å²) in [6.07, 6.45) is 0. The van der Waals surface area contributed by atoms with E-state index in [0.717, 1.165) is 0 Å². The first-order valence-electron chi connectivity index (χ1n) is 4.38. The molecule has 0 aliphatic heterocycles. The number of hydrogen-bond donors (Lipinski definition) is 2. The monoisotopic (exact) mass is 242 g/mol. The van der Waals surface area contributed by atoms with E-state index >= 15 is 0 Å². The maximum absolute atomic E-state index is 13.4. The van der Waals surface area contributed by atoms with Gasteiger partial charge in [-0.1, -0.05) is 39.3 Å². The molecule has 0 aromatic carbocycles. The summed E-state index contributed by atoms with van der Waals surface area (Å²) in [6, 6.07) is 0. The van der Waals surface area contributed by atoms with Crippen LogP contribution < -0.4 is 9.30 Å². The molecule has 80 valence electrons. The van der Waals surface area contributed by atoms with Crippen LogP contribution in [0.4, 0.5) is 8.22 Å². The van der Waals surface area contributed by atoms with Crippen LogP contribution in [0.2, 0.25) is 39.3 Å². The van der Waals surface area contributed by atoms with E-state index in [4.69, 9.17) is 0 Å². The standard InChI is InChI=1S/C6H20F2N2Si3/c1-11(2,3)9-13(7,8)10-12(4,5)6/h9-10H,1-6H3. The zero-order valence-electron chi connectivity index (χ0n) is 9.26. The van der Waals surface area contributed by atoms with E-state index in [1.54, 1.807) is 0 Å². The second kappa shape index (κ2) is 3.89. The second-order valence-electron chi connectivity index (χ2n) is 5.32. The van der Waals surface area contributed by atoms with Gasteiger partial charge in [0.05, 0.1) is 0 Å². The van der Waals surface area contributed by atoms with Gasteiger partial charge < -0.3 is 0 Å². The van der Waals surface area contributed by atoms with Gasteiger partial charge in [-0.2, -0.15) is 0 Å². The molecule has 0 amide bonds. The number of rotatable bonds is 4. The zero-order valence-corrected chi connectivity index (χ0v) is 12.3. The van der Waals surface area contributed by atoms with Crippen LogP contribution in [0.3, 0.4) is 0 Å². The second-order valence-corrected chi connectivity index (χ2v) is 17.5. The molecule has 0 fully saturated rings. The number of hydrogen-bond acceptors (Lipinski definition) is 2. The lowest BCUT2D eigenvalue weighted by molar-refractivity contribution is 0.569. The van der Waals surface area contributed by atoms with E-state index in [-0.39, 0.29) is 0 Å². The Bertz CT molecular complexity index is 156. The first kappa shape index (κ1) is 13.4. The molecule has 7 heteroatoms. The van der Waals surface area contributed by atoms with Crippen LogP contribution in [0.5, 0.6) is 0 Å². The van der Waals surface area contributed by atoms with Crippen molar-refractivity contribution in [2.75, 3.05) is 0 Å². The molecule has 0 spiro atoms. The molecule has 2 nitrogen and oxygen atoms in total. The van der Waals surface area contributed by atoms with Gasteiger partial charge in [0, 0.05) is 0 Å². The topological polar surface area (TPSA) is 24.1 Å². The summed E-state index contributed by atoms with van der Waals surface area (Å²) in [5, 5.41) is 0. The Hall–Kier alpha value is 0.431. The average Bonchev–Trinajstić information content (AvgIpc) is 1.43. The highest BCUT2D eigenvalue weighted by atomic mass is 28.5. The quantitative estimate of drug-likeness (QED) is 0.583. The lowest BCUT2D eigenvalue weighted by atomic mass is 11.8. The Kier molecular flexibility index (Phi) is 4.02. The van der Waals surface area contributed by atoms with Crippen molar-refractivity contribution in [2.45, 2.75) is 39.3 Å². The van der Waals surface area contributed by atoms with Crippen molar-refractivity contribution < 1.29 is 8.22 Å². The molecule has 0 rings (SSSR count). The predicted octanol–water partition coefficient (Wildman–Crippen LogP) is 2.21. The summed E-state index contributed by atoms with van der Waals surface area (Å²) >= 11 is 0. The van der Waals surface area contributed by atoms with Crippen LogP contribution in [-0.2, 0) is 0 Å². The van der Waals surface area contributed by atoms with E-state index in [0.29, 0.717) is 0 Å². The normalized spacial score (nSPS) is 14.8. The molecule has 0 bridgehead atoms. The van der Waals surface area contributed by atoms with Crippen LogP contribution in [0.15, 0.2) is 0 Å². The number of halogens is 2. The predicted molar refractivity (Wildman–Crippen MR) is 60.9 cm³/mol. The molecule has 0 saturated heterocycles. The van der Waals surface area contributed by atoms with Gasteiger partial charge in [0.15, 0.2) is 0 Å². The fraction of sp³-hybridized carbons (Fsp3) is 1.00. The van der Waals surface area contributed by atoms with Crippen LogP contribution in [0.25, 0.3) is 0 Å². The van der Waals surface area contributed by atoms with Gasteiger partial charge in [-0.3, -0.25) is 9.30 Å². The van der Waals surface area contributed by atoms with Crippen molar-refractivity contribution in [1.29, 1.82) is 0 Å². The molecule has 0 aromatic rings. The minimum absolute atomic E-state index is 1.87. The van der Waals surface area contributed by atoms with E-state index in [1.807, 2.05) is 39.3 Å². The summed E-state index contributed by atoms with van der Waals surface area (Å²) in [5.74, 6) is 0. The number of nitrogens with one attached hydrogen (secondary N) is 2. The third-order valence-corrected chi connectivity index (χ3v) is 9.58. The summed E-state index contributed by atoms with van der Waals surface area (Å²) in [4.78, 5) is 0. The van der Waals surface area contributed by atoms with Crippen molar-refractivity contribution in [3.63, 3.8) is 0 Å². The van der Waals surface area contributed by atoms with Gasteiger partial charge >= 0.3 is 9.06 Å². The Labute approximate surface area is 82.8 Å². The summed E-state index contributed by atoms with van der Waals surface area (Å²) in [5.41, 5.74) is 0. The molecule has 0 saturated carbocycles. The lowest BCUT2D eigenvalue weighted by Gasteiger charge is -2.29. The van der Waals surface area contributed by atoms with E-state index in [1.165, 1.54) is 0 Å². The Morgan fingerprint density at radius 1 is 0.692 bits per heavy atom. The fourth-order valence-electron chi connectivity index (χ4n) is 0.973. The fourth-order valence-corrected chi connectivity index (χ4v) is 9.32. The van der Waals surface area contributed by atoms with Gasteiger partial charge in [0.25, 0.3) is 0 Å². The molecule has 2 N–H and O–H groups in total. The summed E-state index contributed by atoms with van der Waals surface area (Å²) < 4.78 is 31.8. The molecule has 0 aliphatic carbocycles. The van der Waals surface area contributed by atoms with Gasteiger partial charge in [-0.25, -0.2) is 8.22 Å². The third-order valence-electron chi connectivity index (χ3n) is 1.06. The highest BCUT2D eigenvalue weighted by molar-refractivity contribution is 6.91. The molecule has 0 unspecified atom stereocenters. The Morgan fingerprint density at radius 3 is 1.08 bits per heavy atom. The third kappa shape index (κ3) is 8.75. The molecular weight excluding hydrogens is 222 g/mol. The molecular formula is C6H20F2N2Si3. The molecule has 0 atom stereocenters. The summed E-state index contributed by atoms with van der Waals surface area (Å²) in [7, 11) is -8.09. The maximum Gasteiger partial charge on any atom is 0.580 e. The summed E-state index contributed by atoms with van der Waals surface area (Å²) in [6.45, 7) is 11.3. The van der Waals surface area contributed by atoms with Crippen LogP contribution in [0.1, 0.15) is 0 Å². The first-order valence-corrected chi connectivity index (χ1v) is 13.1. The molecule has 13 heavy (non-hydrogen) atoms. The van der Waals surface area contributed by atoms with Crippen molar-refractivity contribution in [2.24, 2.45) is 0 Å². The average molecular weight is 242 g/mol. The zero-order chi connectivity index (χ0) is 10.9. The van der Waals surface area contributed by atoms with E-state index in [2.05, 4.69) is 9.30 Å².